The molecule has 0 amide bonds. The Kier molecular flexibility index (Phi) is 2.97. The van der Waals surface area contributed by atoms with Gasteiger partial charge in [-0.15, -0.1) is 0 Å². The zero-order chi connectivity index (χ0) is 13.2. The lowest BCUT2D eigenvalue weighted by atomic mass is 9.97. The van der Waals surface area contributed by atoms with Gasteiger partial charge in [-0.05, 0) is 18.4 Å². The molecule has 2 heterocycles. The van der Waals surface area contributed by atoms with Crippen LogP contribution < -0.4 is 5.73 Å². The van der Waals surface area contributed by atoms with E-state index >= 15 is 0 Å². The number of nitrogens with two attached hydrogens (primary N) is 1. The molecule has 0 aliphatic rings. The minimum atomic E-state index is 0.453. The Hall–Kier alpha value is -2.26. The van der Waals surface area contributed by atoms with E-state index < -0.39 is 0 Å². The van der Waals surface area contributed by atoms with Crippen molar-refractivity contribution in [3.05, 3.63) is 60.2 Å². The number of nitrogens with zero attached hydrogens (tertiary/aromatic N) is 2. The van der Waals surface area contributed by atoms with Crippen LogP contribution in [0, 0.1) is 6.92 Å². The number of aryl methyl sites for hydroxylation is 1. The summed E-state index contributed by atoms with van der Waals surface area (Å²) in [4.78, 5) is 8.84. The van der Waals surface area contributed by atoms with Crippen LogP contribution >= 0.6 is 0 Å². The van der Waals surface area contributed by atoms with Crippen molar-refractivity contribution in [1.29, 1.82) is 0 Å². The van der Waals surface area contributed by atoms with E-state index in [2.05, 4.69) is 28.2 Å². The summed E-state index contributed by atoms with van der Waals surface area (Å²) < 4.78 is 0. The lowest BCUT2D eigenvalue weighted by molar-refractivity contribution is 0.989. The second-order valence-electron chi connectivity index (χ2n) is 4.51. The Morgan fingerprint density at radius 1 is 1.05 bits per heavy atom. The maximum absolute atomic E-state index is 5.80. The highest BCUT2D eigenvalue weighted by Gasteiger charge is 2.11. The van der Waals surface area contributed by atoms with Crippen LogP contribution in [0.1, 0.15) is 11.4 Å². The molecule has 1 aromatic carbocycles. The van der Waals surface area contributed by atoms with Gasteiger partial charge >= 0.3 is 0 Å². The van der Waals surface area contributed by atoms with Gasteiger partial charge in [-0.2, -0.15) is 0 Å². The summed E-state index contributed by atoms with van der Waals surface area (Å²) in [5, 5.41) is 2.30. The first-order chi connectivity index (χ1) is 9.31. The van der Waals surface area contributed by atoms with Crippen molar-refractivity contribution in [2.75, 3.05) is 0 Å². The Bertz CT molecular complexity index is 721. The van der Waals surface area contributed by atoms with Crippen LogP contribution in [0.2, 0.25) is 0 Å². The van der Waals surface area contributed by atoms with E-state index in [-0.39, 0.29) is 0 Å². The second-order valence-corrected chi connectivity index (χ2v) is 4.51. The van der Waals surface area contributed by atoms with Crippen LogP contribution in [-0.2, 0) is 6.54 Å². The number of hydrogen-bond donors (Lipinski definition) is 1. The molecule has 19 heavy (non-hydrogen) atoms. The minimum Gasteiger partial charge on any atom is -0.325 e. The number of fused-ring (bicyclic) bond motifs is 1. The summed E-state index contributed by atoms with van der Waals surface area (Å²) in [5.74, 6) is 0. The highest BCUT2D eigenvalue weighted by atomic mass is 14.8. The minimum absolute atomic E-state index is 0.453. The molecule has 2 aromatic heterocycles. The van der Waals surface area contributed by atoms with Crippen LogP contribution in [-0.4, -0.2) is 9.97 Å². The molecule has 0 bridgehead atoms. The predicted molar refractivity (Wildman–Crippen MR) is 77.6 cm³/mol. The van der Waals surface area contributed by atoms with Gasteiger partial charge in [0, 0.05) is 41.1 Å². The highest BCUT2D eigenvalue weighted by Crippen LogP contribution is 2.31. The smallest absolute Gasteiger partial charge is 0.0621 e. The van der Waals surface area contributed by atoms with Crippen molar-refractivity contribution in [2.24, 2.45) is 5.73 Å². The summed E-state index contributed by atoms with van der Waals surface area (Å²) in [6.45, 7) is 2.47. The number of aromatic nitrogens is 2. The lowest BCUT2D eigenvalue weighted by Gasteiger charge is -2.12. The van der Waals surface area contributed by atoms with E-state index in [1.165, 1.54) is 5.39 Å². The number of hydrogen-bond acceptors (Lipinski definition) is 3. The number of benzene rings is 1. The maximum atomic E-state index is 5.80. The van der Waals surface area contributed by atoms with Crippen molar-refractivity contribution >= 4 is 10.8 Å². The highest BCUT2D eigenvalue weighted by molar-refractivity contribution is 5.98. The maximum Gasteiger partial charge on any atom is 0.0621 e. The van der Waals surface area contributed by atoms with Gasteiger partial charge in [0.15, 0.2) is 0 Å². The van der Waals surface area contributed by atoms with Gasteiger partial charge in [-0.25, -0.2) is 0 Å². The van der Waals surface area contributed by atoms with Gasteiger partial charge < -0.3 is 5.73 Å². The Morgan fingerprint density at radius 3 is 2.53 bits per heavy atom. The van der Waals surface area contributed by atoms with Crippen molar-refractivity contribution in [3.63, 3.8) is 0 Å². The van der Waals surface area contributed by atoms with Gasteiger partial charge in [0.2, 0.25) is 0 Å². The van der Waals surface area contributed by atoms with E-state index in [0.717, 1.165) is 27.9 Å². The van der Waals surface area contributed by atoms with Gasteiger partial charge in [0.25, 0.3) is 0 Å². The molecule has 0 aliphatic carbocycles. The Balaban J connectivity index is 2.40. The van der Waals surface area contributed by atoms with Crippen molar-refractivity contribution in [3.8, 4) is 11.1 Å². The largest absolute Gasteiger partial charge is 0.325 e. The van der Waals surface area contributed by atoms with Crippen molar-refractivity contribution < 1.29 is 0 Å². The van der Waals surface area contributed by atoms with E-state index in [4.69, 9.17) is 5.73 Å². The quantitative estimate of drug-likeness (QED) is 0.759. The molecule has 3 aromatic rings. The van der Waals surface area contributed by atoms with Gasteiger partial charge in [0.1, 0.15) is 0 Å². The molecular weight excluding hydrogens is 234 g/mol. The molecule has 0 spiro atoms. The molecule has 3 nitrogen and oxygen atoms in total. The summed E-state index contributed by atoms with van der Waals surface area (Å²) in [7, 11) is 0. The molecule has 0 saturated heterocycles. The fourth-order valence-corrected chi connectivity index (χ4v) is 2.50. The van der Waals surface area contributed by atoms with Gasteiger partial charge in [-0.3, -0.25) is 9.97 Å². The van der Waals surface area contributed by atoms with Crippen molar-refractivity contribution in [1.82, 2.24) is 9.97 Å². The third kappa shape index (κ3) is 1.98. The lowest BCUT2D eigenvalue weighted by Crippen LogP contribution is -2.03. The molecular formula is C16H15N3. The summed E-state index contributed by atoms with van der Waals surface area (Å²) in [5.41, 5.74) is 9.97. The number of rotatable bonds is 2. The summed E-state index contributed by atoms with van der Waals surface area (Å²) in [6, 6.07) is 12.3. The topological polar surface area (TPSA) is 51.8 Å². The summed E-state index contributed by atoms with van der Waals surface area (Å²) in [6.07, 6.45) is 3.65. The van der Waals surface area contributed by atoms with Crippen molar-refractivity contribution in [2.45, 2.75) is 13.5 Å². The average Bonchev–Trinajstić information content (AvgIpc) is 2.47. The zero-order valence-electron chi connectivity index (χ0n) is 10.8. The predicted octanol–water partition coefficient (Wildman–Crippen LogP) is 3.06. The van der Waals surface area contributed by atoms with Gasteiger partial charge in [-0.1, -0.05) is 30.3 Å². The monoisotopic (exact) mass is 249 g/mol. The Labute approximate surface area is 112 Å². The fourth-order valence-electron chi connectivity index (χ4n) is 2.50. The molecule has 3 heteroatoms. The summed E-state index contributed by atoms with van der Waals surface area (Å²) >= 11 is 0. The van der Waals surface area contributed by atoms with E-state index in [1.54, 1.807) is 6.20 Å². The Morgan fingerprint density at radius 2 is 1.84 bits per heavy atom. The third-order valence-corrected chi connectivity index (χ3v) is 3.32. The van der Waals surface area contributed by atoms with Gasteiger partial charge in [0.05, 0.1) is 5.69 Å². The second kappa shape index (κ2) is 4.78. The molecule has 3 rings (SSSR count). The van der Waals surface area contributed by atoms with Crippen LogP contribution in [0.4, 0.5) is 0 Å². The molecule has 0 atom stereocenters. The van der Waals surface area contributed by atoms with Crippen LogP contribution in [0.5, 0.6) is 0 Å². The first-order valence-corrected chi connectivity index (χ1v) is 6.30. The van der Waals surface area contributed by atoms with Crippen LogP contribution in [0.3, 0.4) is 0 Å². The van der Waals surface area contributed by atoms with E-state index in [1.807, 2.05) is 31.3 Å². The SMILES string of the molecule is Cc1nc(CN)c2ccccc2c1-c1cccnc1. The molecule has 0 fully saturated rings. The fraction of sp³-hybridized carbons (Fsp3) is 0.125. The number of pyridine rings is 2. The molecule has 94 valence electrons. The zero-order valence-corrected chi connectivity index (χ0v) is 10.8. The standard InChI is InChI=1S/C16H15N3/c1-11-16(12-5-4-8-18-10-12)14-7-3-2-6-13(14)15(9-17)19-11/h2-8,10H,9,17H2,1H3. The molecule has 0 saturated carbocycles. The third-order valence-electron chi connectivity index (χ3n) is 3.32. The van der Waals surface area contributed by atoms with Crippen LogP contribution in [0.15, 0.2) is 48.8 Å². The first-order valence-electron chi connectivity index (χ1n) is 6.30. The van der Waals surface area contributed by atoms with E-state index in [9.17, 15) is 0 Å². The average molecular weight is 249 g/mol. The molecule has 0 unspecified atom stereocenters. The molecule has 2 N–H and O–H groups in total. The molecule has 0 radical (unpaired) electrons. The normalized spacial score (nSPS) is 10.8. The van der Waals surface area contributed by atoms with Crippen LogP contribution in [0.25, 0.3) is 21.9 Å². The first kappa shape index (κ1) is 11.8. The molecule has 0 aliphatic heterocycles. The van der Waals surface area contributed by atoms with E-state index in [0.29, 0.717) is 6.54 Å².